The zero-order chi connectivity index (χ0) is 15.1. The number of nitrogens with one attached hydrogen (secondary N) is 1. The van der Waals surface area contributed by atoms with Crippen LogP contribution in [0.15, 0.2) is 36.4 Å². The molecule has 1 aromatic carbocycles. The minimum absolute atomic E-state index is 0.0870. The molecule has 4 heteroatoms. The molecule has 1 amide bonds. The molecule has 0 bridgehead atoms. The van der Waals surface area contributed by atoms with Gasteiger partial charge in [-0.1, -0.05) is 36.4 Å². The standard InChI is InChI=1S/C17H24N2O2/c1-21-16(17(20)19-10-3-2-9-18)12-13-5-4-6-15(11-13)14-7-8-14/h2-6,11,14,16H,7-10,12,18H2,1H3,(H,19,20)/b3-2+/t16-/m0/s1. The highest BCUT2D eigenvalue weighted by Gasteiger charge is 2.24. The van der Waals surface area contributed by atoms with Crippen LogP contribution in [0.2, 0.25) is 0 Å². The van der Waals surface area contributed by atoms with Crippen molar-refractivity contribution < 1.29 is 9.53 Å². The quantitative estimate of drug-likeness (QED) is 0.716. The molecule has 0 radical (unpaired) electrons. The summed E-state index contributed by atoms with van der Waals surface area (Å²) in [5.41, 5.74) is 7.89. The summed E-state index contributed by atoms with van der Waals surface area (Å²) in [5.74, 6) is 0.636. The second-order valence-corrected chi connectivity index (χ2v) is 5.40. The third kappa shape index (κ3) is 4.99. The van der Waals surface area contributed by atoms with Crippen molar-refractivity contribution in [3.8, 4) is 0 Å². The Morgan fingerprint density at radius 2 is 2.29 bits per heavy atom. The van der Waals surface area contributed by atoms with E-state index in [0.717, 1.165) is 11.5 Å². The minimum Gasteiger partial charge on any atom is -0.371 e. The molecule has 0 unspecified atom stereocenters. The van der Waals surface area contributed by atoms with Crippen molar-refractivity contribution >= 4 is 5.91 Å². The summed E-state index contributed by atoms with van der Waals surface area (Å²) in [6.45, 7) is 0.968. The topological polar surface area (TPSA) is 64.3 Å². The summed E-state index contributed by atoms with van der Waals surface area (Å²) in [7, 11) is 1.57. The summed E-state index contributed by atoms with van der Waals surface area (Å²) >= 11 is 0. The van der Waals surface area contributed by atoms with Gasteiger partial charge in [0.2, 0.25) is 5.91 Å². The number of benzene rings is 1. The Bertz CT molecular complexity index is 495. The van der Waals surface area contributed by atoms with Crippen LogP contribution in [0, 0.1) is 0 Å². The SMILES string of the molecule is CO[C@@H](Cc1cccc(C2CC2)c1)C(=O)NC/C=C/CN. The smallest absolute Gasteiger partial charge is 0.249 e. The summed E-state index contributed by atoms with van der Waals surface area (Å²) in [6, 6.07) is 8.49. The molecule has 1 aliphatic rings. The molecule has 0 spiro atoms. The monoisotopic (exact) mass is 288 g/mol. The van der Waals surface area contributed by atoms with Gasteiger partial charge in [0.25, 0.3) is 0 Å². The molecule has 0 aliphatic heterocycles. The lowest BCUT2D eigenvalue weighted by Crippen LogP contribution is -2.37. The van der Waals surface area contributed by atoms with Gasteiger partial charge in [-0.15, -0.1) is 0 Å². The van der Waals surface area contributed by atoms with Crippen molar-refractivity contribution in [2.45, 2.75) is 31.3 Å². The first kappa shape index (κ1) is 15.7. The lowest BCUT2D eigenvalue weighted by atomic mass is 10.0. The van der Waals surface area contributed by atoms with E-state index in [1.807, 2.05) is 12.2 Å². The lowest BCUT2D eigenvalue weighted by Gasteiger charge is -2.15. The number of carbonyl (C=O) groups is 1. The van der Waals surface area contributed by atoms with Gasteiger partial charge in [0.05, 0.1) is 0 Å². The number of methoxy groups -OCH3 is 1. The summed E-state index contributed by atoms with van der Waals surface area (Å²) < 4.78 is 5.33. The molecule has 4 nitrogen and oxygen atoms in total. The van der Waals surface area contributed by atoms with Crippen LogP contribution < -0.4 is 11.1 Å². The number of hydrogen-bond acceptors (Lipinski definition) is 3. The van der Waals surface area contributed by atoms with Crippen LogP contribution in [-0.4, -0.2) is 32.2 Å². The zero-order valence-electron chi connectivity index (χ0n) is 12.5. The van der Waals surface area contributed by atoms with Gasteiger partial charge in [-0.25, -0.2) is 0 Å². The molecule has 0 saturated heterocycles. The molecule has 114 valence electrons. The molecule has 0 heterocycles. The molecule has 1 aromatic rings. The van der Waals surface area contributed by atoms with E-state index in [0.29, 0.717) is 19.5 Å². The van der Waals surface area contributed by atoms with E-state index < -0.39 is 6.10 Å². The van der Waals surface area contributed by atoms with Gasteiger partial charge in [-0.3, -0.25) is 4.79 Å². The first-order valence-corrected chi connectivity index (χ1v) is 7.49. The van der Waals surface area contributed by atoms with E-state index in [-0.39, 0.29) is 5.91 Å². The fraction of sp³-hybridized carbons (Fsp3) is 0.471. The van der Waals surface area contributed by atoms with Crippen LogP contribution in [0.3, 0.4) is 0 Å². The molecule has 1 aliphatic carbocycles. The van der Waals surface area contributed by atoms with E-state index in [1.54, 1.807) is 7.11 Å². The van der Waals surface area contributed by atoms with Crippen molar-refractivity contribution in [3.05, 3.63) is 47.5 Å². The summed E-state index contributed by atoms with van der Waals surface area (Å²) in [6.07, 6.45) is 6.38. The largest absolute Gasteiger partial charge is 0.371 e. The third-order valence-electron chi connectivity index (χ3n) is 3.69. The molecule has 1 saturated carbocycles. The molecule has 1 fully saturated rings. The maximum atomic E-state index is 12.1. The van der Waals surface area contributed by atoms with Crippen LogP contribution >= 0.6 is 0 Å². The van der Waals surface area contributed by atoms with Gasteiger partial charge < -0.3 is 15.8 Å². The van der Waals surface area contributed by atoms with Gasteiger partial charge in [0, 0.05) is 26.6 Å². The Morgan fingerprint density at radius 1 is 1.48 bits per heavy atom. The predicted octanol–water partition coefficient (Wildman–Crippen LogP) is 1.75. The van der Waals surface area contributed by atoms with E-state index in [2.05, 4.69) is 29.6 Å². The Labute approximate surface area is 126 Å². The highest BCUT2D eigenvalue weighted by atomic mass is 16.5. The molecular formula is C17H24N2O2. The third-order valence-corrected chi connectivity index (χ3v) is 3.69. The Hall–Kier alpha value is -1.65. The zero-order valence-corrected chi connectivity index (χ0v) is 12.5. The van der Waals surface area contributed by atoms with Gasteiger partial charge in [-0.2, -0.15) is 0 Å². The fourth-order valence-electron chi connectivity index (χ4n) is 2.34. The van der Waals surface area contributed by atoms with E-state index in [1.165, 1.54) is 18.4 Å². The maximum Gasteiger partial charge on any atom is 0.249 e. The van der Waals surface area contributed by atoms with Crippen molar-refractivity contribution in [2.24, 2.45) is 5.73 Å². The van der Waals surface area contributed by atoms with Gasteiger partial charge >= 0.3 is 0 Å². The second kappa shape index (κ2) is 7.96. The number of amides is 1. The molecule has 21 heavy (non-hydrogen) atoms. The Balaban J connectivity index is 1.90. The van der Waals surface area contributed by atoms with Gasteiger partial charge in [0.15, 0.2) is 0 Å². The molecular weight excluding hydrogens is 264 g/mol. The van der Waals surface area contributed by atoms with E-state index >= 15 is 0 Å². The van der Waals surface area contributed by atoms with Crippen LogP contribution in [0.25, 0.3) is 0 Å². The van der Waals surface area contributed by atoms with Gasteiger partial charge in [-0.05, 0) is 29.9 Å². The van der Waals surface area contributed by atoms with Crippen LogP contribution in [0.4, 0.5) is 0 Å². The summed E-state index contributed by atoms with van der Waals surface area (Å²) in [5, 5.41) is 2.83. The van der Waals surface area contributed by atoms with Crippen LogP contribution in [-0.2, 0) is 16.0 Å². The number of carbonyl (C=O) groups excluding carboxylic acids is 1. The fourth-order valence-corrected chi connectivity index (χ4v) is 2.34. The number of nitrogens with two attached hydrogens (primary N) is 1. The van der Waals surface area contributed by atoms with Crippen LogP contribution in [0.1, 0.15) is 29.9 Å². The lowest BCUT2D eigenvalue weighted by molar-refractivity contribution is -0.130. The Morgan fingerprint density at radius 3 is 2.95 bits per heavy atom. The average molecular weight is 288 g/mol. The molecule has 2 rings (SSSR count). The van der Waals surface area contributed by atoms with Crippen molar-refractivity contribution in [3.63, 3.8) is 0 Å². The first-order valence-electron chi connectivity index (χ1n) is 7.49. The first-order chi connectivity index (χ1) is 10.2. The molecule has 0 aromatic heterocycles. The van der Waals surface area contributed by atoms with E-state index in [9.17, 15) is 4.79 Å². The average Bonchev–Trinajstić information content (AvgIpc) is 3.34. The van der Waals surface area contributed by atoms with Crippen molar-refractivity contribution in [2.75, 3.05) is 20.2 Å². The predicted molar refractivity (Wildman–Crippen MR) is 84.1 cm³/mol. The highest BCUT2D eigenvalue weighted by Crippen LogP contribution is 2.40. The van der Waals surface area contributed by atoms with Crippen molar-refractivity contribution in [1.29, 1.82) is 0 Å². The number of rotatable bonds is 8. The summed E-state index contributed by atoms with van der Waals surface area (Å²) in [4.78, 5) is 12.1. The minimum atomic E-state index is -0.453. The van der Waals surface area contributed by atoms with E-state index in [4.69, 9.17) is 10.5 Å². The molecule has 3 N–H and O–H groups in total. The maximum absolute atomic E-state index is 12.1. The Kier molecular flexibility index (Phi) is 5.96. The second-order valence-electron chi connectivity index (χ2n) is 5.40. The normalized spacial score (nSPS) is 16.1. The van der Waals surface area contributed by atoms with Gasteiger partial charge in [0.1, 0.15) is 6.10 Å². The van der Waals surface area contributed by atoms with Crippen molar-refractivity contribution in [1.82, 2.24) is 5.32 Å². The van der Waals surface area contributed by atoms with Crippen LogP contribution in [0.5, 0.6) is 0 Å². The molecule has 1 atom stereocenters. The number of hydrogen-bond donors (Lipinski definition) is 2. The number of ether oxygens (including phenoxy) is 1. The highest BCUT2D eigenvalue weighted by molar-refractivity contribution is 5.81.